The zero-order chi connectivity index (χ0) is 17.6. The predicted octanol–water partition coefficient (Wildman–Crippen LogP) is 1.65. The van der Waals surface area contributed by atoms with Crippen molar-refractivity contribution in [1.29, 1.82) is 0 Å². The van der Waals surface area contributed by atoms with E-state index in [1.807, 2.05) is 0 Å². The van der Waals surface area contributed by atoms with E-state index >= 15 is 0 Å². The summed E-state index contributed by atoms with van der Waals surface area (Å²) in [4.78, 5) is 37.6. The molecule has 1 atom stereocenters. The van der Waals surface area contributed by atoms with E-state index in [9.17, 15) is 19.5 Å². The summed E-state index contributed by atoms with van der Waals surface area (Å²) < 4.78 is 15.0. The van der Waals surface area contributed by atoms with E-state index in [1.165, 1.54) is 26.2 Å². The van der Waals surface area contributed by atoms with Crippen LogP contribution in [0.25, 0.3) is 0 Å². The van der Waals surface area contributed by atoms with Crippen molar-refractivity contribution in [2.75, 3.05) is 14.2 Å². The van der Waals surface area contributed by atoms with Crippen LogP contribution in [0.1, 0.15) is 55.1 Å². The summed E-state index contributed by atoms with van der Waals surface area (Å²) in [7, 11) is 2.32. The van der Waals surface area contributed by atoms with Crippen molar-refractivity contribution < 1.29 is 33.4 Å². The summed E-state index contributed by atoms with van der Waals surface area (Å²) >= 11 is 0. The van der Waals surface area contributed by atoms with Gasteiger partial charge in [-0.3, -0.25) is 9.59 Å². The number of esters is 1. The van der Waals surface area contributed by atoms with Crippen LogP contribution in [0.4, 0.5) is 0 Å². The molecule has 0 saturated heterocycles. The fourth-order valence-electron chi connectivity index (χ4n) is 2.66. The molecule has 3 rings (SSSR count). The lowest BCUT2D eigenvalue weighted by Gasteiger charge is -2.19. The summed E-state index contributed by atoms with van der Waals surface area (Å²) in [6.45, 7) is 1.23. The fourth-order valence-corrected chi connectivity index (χ4v) is 2.66. The highest BCUT2D eigenvalue weighted by molar-refractivity contribution is 6.29. The smallest absolute Gasteiger partial charge is 0.342 e. The number of rotatable bonds is 3. The first-order chi connectivity index (χ1) is 11.3. The second-order valence-electron chi connectivity index (χ2n) is 5.39. The topological polar surface area (TPSA) is 103 Å². The quantitative estimate of drug-likeness (QED) is 0.575. The van der Waals surface area contributed by atoms with Crippen molar-refractivity contribution in [3.05, 3.63) is 58.0 Å². The Kier molecular flexibility index (Phi) is 3.62. The van der Waals surface area contributed by atoms with E-state index in [1.54, 1.807) is 12.1 Å². The van der Waals surface area contributed by atoms with Gasteiger partial charge in [0, 0.05) is 18.2 Å². The van der Waals surface area contributed by atoms with Crippen molar-refractivity contribution in [1.82, 2.24) is 0 Å². The summed E-state index contributed by atoms with van der Waals surface area (Å²) in [6, 6.07) is 6.21. The number of benzene rings is 1. The Morgan fingerprint density at radius 1 is 1.12 bits per heavy atom. The standard InChI is InChI=1S/C17H14O7/c1-17(21,23-3)15-11(16(20)22-2)10-12(18)8-6-4-5-7-9(8)13(19)14(10)24-15/h4-7,21H,1-3H3. The van der Waals surface area contributed by atoms with Crippen molar-refractivity contribution in [2.45, 2.75) is 12.7 Å². The minimum absolute atomic E-state index is 0.157. The first-order valence-electron chi connectivity index (χ1n) is 7.05. The van der Waals surface area contributed by atoms with E-state index in [4.69, 9.17) is 9.15 Å². The highest BCUT2D eigenvalue weighted by Gasteiger charge is 2.44. The molecule has 7 nitrogen and oxygen atoms in total. The molecule has 1 aromatic heterocycles. The van der Waals surface area contributed by atoms with Gasteiger partial charge < -0.3 is 19.0 Å². The molecule has 1 aliphatic rings. The summed E-state index contributed by atoms with van der Waals surface area (Å²) in [5.74, 6) is -4.70. The molecule has 0 radical (unpaired) electrons. The average molecular weight is 330 g/mol. The van der Waals surface area contributed by atoms with Gasteiger partial charge in [0.05, 0.1) is 12.7 Å². The third-order valence-corrected chi connectivity index (χ3v) is 3.97. The molecule has 0 aliphatic heterocycles. The third-order valence-electron chi connectivity index (χ3n) is 3.97. The number of aliphatic hydroxyl groups is 1. The van der Waals surface area contributed by atoms with Gasteiger partial charge >= 0.3 is 5.97 Å². The number of methoxy groups -OCH3 is 2. The molecule has 124 valence electrons. The number of hydrogen-bond acceptors (Lipinski definition) is 7. The Morgan fingerprint density at radius 2 is 1.71 bits per heavy atom. The van der Waals surface area contributed by atoms with Crippen LogP contribution < -0.4 is 0 Å². The minimum atomic E-state index is -2.02. The molecule has 1 heterocycles. The molecule has 0 amide bonds. The van der Waals surface area contributed by atoms with Crippen LogP contribution >= 0.6 is 0 Å². The van der Waals surface area contributed by atoms with Crippen molar-refractivity contribution >= 4 is 17.5 Å². The molecule has 1 unspecified atom stereocenters. The largest absolute Gasteiger partial charge is 0.465 e. The molecule has 0 bridgehead atoms. The second-order valence-corrected chi connectivity index (χ2v) is 5.39. The van der Waals surface area contributed by atoms with Gasteiger partial charge in [-0.2, -0.15) is 0 Å². The Hall–Kier alpha value is -2.77. The summed E-state index contributed by atoms with van der Waals surface area (Å²) in [5, 5.41) is 10.3. The van der Waals surface area contributed by atoms with Crippen LogP contribution in [0.5, 0.6) is 0 Å². The Labute approximate surface area is 136 Å². The number of carbonyl (C=O) groups is 3. The molecule has 7 heteroatoms. The number of carbonyl (C=O) groups excluding carboxylic acids is 3. The third kappa shape index (κ3) is 2.10. The Balaban J connectivity index is 2.35. The maximum absolute atomic E-state index is 12.8. The normalized spacial score (nSPS) is 15.5. The van der Waals surface area contributed by atoms with Gasteiger partial charge in [-0.25, -0.2) is 4.79 Å². The monoisotopic (exact) mass is 330 g/mol. The van der Waals surface area contributed by atoms with Gasteiger partial charge in [0.1, 0.15) is 5.56 Å². The van der Waals surface area contributed by atoms with Gasteiger partial charge in [0.15, 0.2) is 17.3 Å². The van der Waals surface area contributed by atoms with Crippen molar-refractivity contribution in [2.24, 2.45) is 0 Å². The number of hydrogen-bond donors (Lipinski definition) is 1. The van der Waals surface area contributed by atoms with Crippen molar-refractivity contribution in [3.63, 3.8) is 0 Å². The van der Waals surface area contributed by atoms with Crippen LogP contribution in [0.3, 0.4) is 0 Å². The van der Waals surface area contributed by atoms with E-state index in [0.717, 1.165) is 7.11 Å². The SMILES string of the molecule is COC(=O)c1c(C(C)(O)OC)oc2c1C(=O)c1ccccc1C2=O. The number of ether oxygens (including phenoxy) is 2. The van der Waals surface area contributed by atoms with E-state index in [-0.39, 0.29) is 33.8 Å². The van der Waals surface area contributed by atoms with Gasteiger partial charge in [0.2, 0.25) is 11.6 Å². The lowest BCUT2D eigenvalue weighted by molar-refractivity contribution is -0.191. The van der Waals surface area contributed by atoms with Gasteiger partial charge in [-0.1, -0.05) is 24.3 Å². The van der Waals surface area contributed by atoms with Gasteiger partial charge in [-0.05, 0) is 6.92 Å². The van der Waals surface area contributed by atoms with E-state index in [2.05, 4.69) is 4.74 Å². The average Bonchev–Trinajstić information content (AvgIpc) is 3.01. The molecular formula is C17H14O7. The number of fused-ring (bicyclic) bond motifs is 2. The molecular weight excluding hydrogens is 316 g/mol. The molecule has 0 fully saturated rings. The highest BCUT2D eigenvalue weighted by Crippen LogP contribution is 2.38. The van der Waals surface area contributed by atoms with Crippen LogP contribution in [-0.2, 0) is 15.3 Å². The van der Waals surface area contributed by atoms with E-state index in [0.29, 0.717) is 0 Å². The molecule has 1 N–H and O–H groups in total. The van der Waals surface area contributed by atoms with Crippen molar-refractivity contribution in [3.8, 4) is 0 Å². The summed E-state index contributed by atoms with van der Waals surface area (Å²) in [5.41, 5.74) is -0.210. The van der Waals surface area contributed by atoms with Crippen LogP contribution in [0, 0.1) is 0 Å². The minimum Gasteiger partial charge on any atom is -0.465 e. The first-order valence-corrected chi connectivity index (χ1v) is 7.05. The zero-order valence-electron chi connectivity index (χ0n) is 13.2. The van der Waals surface area contributed by atoms with E-state index < -0.39 is 23.3 Å². The molecule has 1 aromatic carbocycles. The fraction of sp³-hybridized carbons (Fsp3) is 0.235. The predicted molar refractivity (Wildman–Crippen MR) is 79.9 cm³/mol. The highest BCUT2D eigenvalue weighted by atomic mass is 16.6. The zero-order valence-corrected chi connectivity index (χ0v) is 13.2. The number of ketones is 2. The maximum atomic E-state index is 12.8. The molecule has 24 heavy (non-hydrogen) atoms. The van der Waals surface area contributed by atoms with Crippen LogP contribution in [0.15, 0.2) is 28.7 Å². The Morgan fingerprint density at radius 3 is 2.25 bits per heavy atom. The molecule has 0 spiro atoms. The molecule has 1 aliphatic carbocycles. The number of furan rings is 1. The van der Waals surface area contributed by atoms with Gasteiger partial charge in [-0.15, -0.1) is 0 Å². The summed E-state index contributed by atoms with van der Waals surface area (Å²) in [6.07, 6.45) is 0. The van der Waals surface area contributed by atoms with Crippen LogP contribution in [-0.4, -0.2) is 36.9 Å². The lowest BCUT2D eigenvalue weighted by atomic mass is 9.86. The lowest BCUT2D eigenvalue weighted by Crippen LogP contribution is -2.26. The molecule has 2 aromatic rings. The maximum Gasteiger partial charge on any atom is 0.342 e. The second kappa shape index (κ2) is 5.40. The van der Waals surface area contributed by atoms with Gasteiger partial charge in [0.25, 0.3) is 0 Å². The Bertz CT molecular complexity index is 873. The molecule has 0 saturated carbocycles. The first kappa shape index (κ1) is 16.1. The van der Waals surface area contributed by atoms with Crippen LogP contribution in [0.2, 0.25) is 0 Å².